The Bertz CT molecular complexity index is 931. The molecule has 152 valence electrons. The van der Waals surface area contributed by atoms with Crippen LogP contribution in [0, 0.1) is 19.3 Å². The summed E-state index contributed by atoms with van der Waals surface area (Å²) in [7, 11) is 0. The fourth-order valence-electron chi connectivity index (χ4n) is 3.70. The molecule has 0 spiro atoms. The summed E-state index contributed by atoms with van der Waals surface area (Å²) in [6.07, 6.45) is 1.13. The average Bonchev–Trinajstić information content (AvgIpc) is 3.54. The van der Waals surface area contributed by atoms with E-state index in [2.05, 4.69) is 15.5 Å². The quantitative estimate of drug-likeness (QED) is 0.763. The molecular weight excluding hydrogens is 366 g/mol. The van der Waals surface area contributed by atoms with Crippen LogP contribution in [0.2, 0.25) is 0 Å². The van der Waals surface area contributed by atoms with Gasteiger partial charge in [-0.1, -0.05) is 24.3 Å². The average molecular weight is 393 g/mol. The van der Waals surface area contributed by atoms with Gasteiger partial charge < -0.3 is 20.3 Å². The zero-order valence-electron chi connectivity index (χ0n) is 17.0. The van der Waals surface area contributed by atoms with Gasteiger partial charge in [-0.05, 0) is 56.0 Å². The first kappa shape index (κ1) is 19.5. The molecule has 1 aliphatic carbocycles. The monoisotopic (exact) mass is 393 g/mol. The molecule has 2 aromatic carbocycles. The third-order valence-electron chi connectivity index (χ3n) is 5.76. The van der Waals surface area contributed by atoms with E-state index >= 15 is 0 Å². The normalized spacial score (nSPS) is 17.5. The largest absolute Gasteiger partial charge is 0.378 e. The summed E-state index contributed by atoms with van der Waals surface area (Å²) < 4.78 is 5.43. The number of hydrogen-bond donors (Lipinski definition) is 2. The van der Waals surface area contributed by atoms with Gasteiger partial charge in [0.1, 0.15) is 5.41 Å². The molecule has 0 bridgehead atoms. The number of ether oxygens (including phenoxy) is 1. The number of amides is 2. The third-order valence-corrected chi connectivity index (χ3v) is 5.76. The highest BCUT2D eigenvalue weighted by molar-refractivity contribution is 6.17. The molecular formula is C23H27N3O3. The van der Waals surface area contributed by atoms with Crippen molar-refractivity contribution in [3.05, 3.63) is 53.6 Å². The number of anilines is 3. The summed E-state index contributed by atoms with van der Waals surface area (Å²) in [5.74, 6) is -0.464. The van der Waals surface area contributed by atoms with E-state index in [1.807, 2.05) is 56.3 Å². The molecule has 4 rings (SSSR count). The van der Waals surface area contributed by atoms with E-state index in [-0.39, 0.29) is 11.8 Å². The number of carbonyl (C=O) groups is 2. The topological polar surface area (TPSA) is 70.7 Å². The Morgan fingerprint density at radius 3 is 2.28 bits per heavy atom. The second-order valence-electron chi connectivity index (χ2n) is 7.93. The smallest absolute Gasteiger partial charge is 0.240 e. The van der Waals surface area contributed by atoms with E-state index in [0.29, 0.717) is 26.1 Å². The molecule has 6 nitrogen and oxygen atoms in total. The molecule has 1 saturated heterocycles. The van der Waals surface area contributed by atoms with Gasteiger partial charge in [-0.25, -0.2) is 0 Å². The molecule has 2 amide bonds. The van der Waals surface area contributed by atoms with Crippen LogP contribution in [-0.2, 0) is 14.3 Å². The van der Waals surface area contributed by atoms with E-state index in [1.165, 1.54) is 0 Å². The van der Waals surface area contributed by atoms with Crippen molar-refractivity contribution in [3.8, 4) is 0 Å². The van der Waals surface area contributed by atoms with Crippen LogP contribution < -0.4 is 15.5 Å². The van der Waals surface area contributed by atoms with Gasteiger partial charge >= 0.3 is 0 Å². The van der Waals surface area contributed by atoms with Gasteiger partial charge in [-0.15, -0.1) is 0 Å². The summed E-state index contributed by atoms with van der Waals surface area (Å²) >= 11 is 0. The summed E-state index contributed by atoms with van der Waals surface area (Å²) in [6, 6.07) is 13.7. The second kappa shape index (κ2) is 7.87. The summed E-state index contributed by atoms with van der Waals surface area (Å²) in [4.78, 5) is 28.3. The van der Waals surface area contributed by atoms with Crippen LogP contribution in [0.25, 0.3) is 0 Å². The molecule has 0 unspecified atom stereocenters. The number of para-hydroxylation sites is 2. The van der Waals surface area contributed by atoms with Gasteiger partial charge in [0, 0.05) is 18.8 Å². The Labute approximate surface area is 171 Å². The summed E-state index contributed by atoms with van der Waals surface area (Å²) in [6.45, 7) is 6.84. The van der Waals surface area contributed by atoms with Crippen molar-refractivity contribution in [2.45, 2.75) is 26.7 Å². The lowest BCUT2D eigenvalue weighted by molar-refractivity contribution is -0.131. The molecule has 0 aromatic heterocycles. The van der Waals surface area contributed by atoms with Gasteiger partial charge in [0.05, 0.1) is 24.6 Å². The lowest BCUT2D eigenvalue weighted by atomic mass is 10.0. The van der Waals surface area contributed by atoms with Crippen molar-refractivity contribution in [1.29, 1.82) is 0 Å². The maximum atomic E-state index is 13.1. The van der Waals surface area contributed by atoms with Gasteiger partial charge in [0.25, 0.3) is 0 Å². The third kappa shape index (κ3) is 3.98. The molecule has 0 radical (unpaired) electrons. The van der Waals surface area contributed by atoms with Gasteiger partial charge in [-0.2, -0.15) is 0 Å². The zero-order chi connectivity index (χ0) is 20.4. The van der Waals surface area contributed by atoms with E-state index in [1.54, 1.807) is 0 Å². The molecule has 29 heavy (non-hydrogen) atoms. The number of nitrogens with one attached hydrogen (secondary N) is 2. The maximum absolute atomic E-state index is 13.1. The molecule has 6 heteroatoms. The Morgan fingerprint density at radius 1 is 0.931 bits per heavy atom. The Morgan fingerprint density at radius 2 is 1.59 bits per heavy atom. The van der Waals surface area contributed by atoms with E-state index in [9.17, 15) is 9.59 Å². The molecule has 1 saturated carbocycles. The number of hydrogen-bond acceptors (Lipinski definition) is 4. The Balaban J connectivity index is 1.50. The van der Waals surface area contributed by atoms with Gasteiger partial charge in [0.2, 0.25) is 11.8 Å². The van der Waals surface area contributed by atoms with Gasteiger partial charge in [0.15, 0.2) is 0 Å². The van der Waals surface area contributed by atoms with Crippen molar-refractivity contribution in [2.24, 2.45) is 5.41 Å². The molecule has 1 heterocycles. The first-order valence-electron chi connectivity index (χ1n) is 10.1. The number of aryl methyl sites for hydroxylation is 2. The SMILES string of the molecule is Cc1ccc(C)c(NC(=O)C2(C(=O)Nc3ccccc3N3CCOCC3)CC2)c1. The van der Waals surface area contributed by atoms with Crippen LogP contribution in [0.3, 0.4) is 0 Å². The van der Waals surface area contributed by atoms with E-state index in [0.717, 1.165) is 41.3 Å². The zero-order valence-corrected chi connectivity index (χ0v) is 17.0. The number of benzene rings is 2. The van der Waals surface area contributed by atoms with Crippen molar-refractivity contribution in [3.63, 3.8) is 0 Å². The van der Waals surface area contributed by atoms with Crippen LogP contribution in [-0.4, -0.2) is 38.1 Å². The van der Waals surface area contributed by atoms with Crippen LogP contribution >= 0.6 is 0 Å². The molecule has 0 atom stereocenters. The number of carbonyl (C=O) groups excluding carboxylic acids is 2. The molecule has 1 aliphatic heterocycles. The number of morpholine rings is 1. The van der Waals surface area contributed by atoms with Gasteiger partial charge in [-0.3, -0.25) is 9.59 Å². The standard InChI is InChI=1S/C23H27N3O3/c1-16-7-8-17(2)19(15-16)25-22(28)23(9-10-23)21(27)24-18-5-3-4-6-20(18)26-11-13-29-14-12-26/h3-8,15H,9-14H2,1-2H3,(H,24,27)(H,25,28). The maximum Gasteiger partial charge on any atom is 0.240 e. The molecule has 2 fully saturated rings. The van der Waals surface area contributed by atoms with Crippen molar-refractivity contribution in [1.82, 2.24) is 0 Å². The highest BCUT2D eigenvalue weighted by Crippen LogP contribution is 2.48. The van der Waals surface area contributed by atoms with Crippen molar-refractivity contribution >= 4 is 28.9 Å². The number of rotatable bonds is 5. The summed E-state index contributed by atoms with van der Waals surface area (Å²) in [5.41, 5.74) is 3.54. The highest BCUT2D eigenvalue weighted by Gasteiger charge is 2.56. The molecule has 2 N–H and O–H groups in total. The lowest BCUT2D eigenvalue weighted by Crippen LogP contribution is -2.38. The second-order valence-corrected chi connectivity index (χ2v) is 7.93. The molecule has 2 aliphatic rings. The minimum absolute atomic E-state index is 0.229. The lowest BCUT2D eigenvalue weighted by Gasteiger charge is -2.30. The fourth-order valence-corrected chi connectivity index (χ4v) is 3.70. The van der Waals surface area contributed by atoms with Crippen molar-refractivity contribution in [2.75, 3.05) is 41.8 Å². The minimum Gasteiger partial charge on any atom is -0.378 e. The van der Waals surface area contributed by atoms with E-state index < -0.39 is 5.41 Å². The predicted molar refractivity (Wildman–Crippen MR) is 114 cm³/mol. The fraction of sp³-hybridized carbons (Fsp3) is 0.391. The highest BCUT2D eigenvalue weighted by atomic mass is 16.5. The minimum atomic E-state index is -0.992. The Hall–Kier alpha value is -2.86. The van der Waals surface area contributed by atoms with Crippen LogP contribution in [0.5, 0.6) is 0 Å². The van der Waals surface area contributed by atoms with Crippen LogP contribution in [0.1, 0.15) is 24.0 Å². The number of nitrogens with zero attached hydrogens (tertiary/aromatic N) is 1. The predicted octanol–water partition coefficient (Wildman–Crippen LogP) is 3.50. The first-order chi connectivity index (χ1) is 14.0. The van der Waals surface area contributed by atoms with Crippen LogP contribution in [0.4, 0.5) is 17.1 Å². The summed E-state index contributed by atoms with van der Waals surface area (Å²) in [5, 5.41) is 5.99. The van der Waals surface area contributed by atoms with Crippen LogP contribution in [0.15, 0.2) is 42.5 Å². The van der Waals surface area contributed by atoms with E-state index in [4.69, 9.17) is 4.74 Å². The Kier molecular flexibility index (Phi) is 5.28. The van der Waals surface area contributed by atoms with Crippen molar-refractivity contribution < 1.29 is 14.3 Å². The first-order valence-corrected chi connectivity index (χ1v) is 10.1. The molecule has 2 aromatic rings.